The van der Waals surface area contributed by atoms with Gasteiger partial charge >= 0.3 is 0 Å². The number of hydrogen-bond donors (Lipinski definition) is 0. The molecule has 0 saturated heterocycles. The van der Waals surface area contributed by atoms with E-state index in [0.717, 1.165) is 23.4 Å². The van der Waals surface area contributed by atoms with Crippen molar-refractivity contribution in [3.63, 3.8) is 0 Å². The standard InChI is InChI=1S/C16H17NO2/c1-16(2)9-13-12(14(18)10-16)8-15(19)17(13)11-6-4-3-5-7-11/h3-7H,8-10H2,1-2H3. The Bertz CT molecular complexity index is 584. The lowest BCUT2D eigenvalue weighted by Gasteiger charge is -2.32. The fourth-order valence-electron chi connectivity index (χ4n) is 3.00. The van der Waals surface area contributed by atoms with Gasteiger partial charge in [-0.05, 0) is 24.0 Å². The lowest BCUT2D eigenvalue weighted by atomic mass is 9.76. The lowest BCUT2D eigenvalue weighted by molar-refractivity contribution is -0.120. The topological polar surface area (TPSA) is 37.4 Å². The van der Waals surface area contributed by atoms with Crippen LogP contribution in [0.1, 0.15) is 33.1 Å². The van der Waals surface area contributed by atoms with Crippen molar-refractivity contribution in [3.8, 4) is 0 Å². The molecule has 1 aliphatic heterocycles. The van der Waals surface area contributed by atoms with Crippen LogP contribution in [0.5, 0.6) is 0 Å². The molecule has 1 aromatic carbocycles. The number of rotatable bonds is 1. The minimum absolute atomic E-state index is 0.0160. The van der Waals surface area contributed by atoms with Crippen molar-refractivity contribution in [2.24, 2.45) is 5.41 Å². The maximum absolute atomic E-state index is 12.2. The average Bonchev–Trinajstić information content (AvgIpc) is 2.65. The molecule has 0 N–H and O–H groups in total. The Morgan fingerprint density at radius 1 is 1.05 bits per heavy atom. The molecule has 0 radical (unpaired) electrons. The Kier molecular flexibility index (Phi) is 2.59. The van der Waals surface area contributed by atoms with Crippen LogP contribution in [0.25, 0.3) is 0 Å². The van der Waals surface area contributed by atoms with E-state index in [1.54, 1.807) is 4.90 Å². The Morgan fingerprint density at radius 3 is 2.42 bits per heavy atom. The van der Waals surface area contributed by atoms with Crippen molar-refractivity contribution in [2.45, 2.75) is 33.1 Å². The first-order valence-electron chi connectivity index (χ1n) is 6.61. The zero-order valence-electron chi connectivity index (χ0n) is 11.3. The van der Waals surface area contributed by atoms with Gasteiger partial charge in [-0.25, -0.2) is 0 Å². The van der Waals surface area contributed by atoms with E-state index in [1.165, 1.54) is 0 Å². The summed E-state index contributed by atoms with van der Waals surface area (Å²) in [6.45, 7) is 4.17. The molecule has 0 saturated carbocycles. The smallest absolute Gasteiger partial charge is 0.235 e. The van der Waals surface area contributed by atoms with Crippen LogP contribution in [0, 0.1) is 5.41 Å². The summed E-state index contributed by atoms with van der Waals surface area (Å²) in [4.78, 5) is 26.1. The molecule has 1 aliphatic carbocycles. The quantitative estimate of drug-likeness (QED) is 0.773. The summed E-state index contributed by atoms with van der Waals surface area (Å²) < 4.78 is 0. The van der Waals surface area contributed by atoms with E-state index >= 15 is 0 Å². The molecule has 0 spiro atoms. The molecule has 3 nitrogen and oxygen atoms in total. The van der Waals surface area contributed by atoms with Gasteiger partial charge in [0.05, 0.1) is 6.42 Å². The first-order valence-corrected chi connectivity index (χ1v) is 6.61. The second-order valence-electron chi connectivity index (χ2n) is 6.11. The molecule has 0 bridgehead atoms. The van der Waals surface area contributed by atoms with Crippen molar-refractivity contribution in [1.29, 1.82) is 0 Å². The van der Waals surface area contributed by atoms with Crippen LogP contribution < -0.4 is 4.90 Å². The van der Waals surface area contributed by atoms with Crippen molar-refractivity contribution in [1.82, 2.24) is 0 Å². The molecule has 3 heteroatoms. The number of anilines is 1. The summed E-state index contributed by atoms with van der Waals surface area (Å²) in [5, 5.41) is 0. The molecule has 3 rings (SSSR count). The van der Waals surface area contributed by atoms with E-state index < -0.39 is 0 Å². The summed E-state index contributed by atoms with van der Waals surface area (Å²) in [5.41, 5.74) is 2.45. The second-order valence-corrected chi connectivity index (χ2v) is 6.11. The third-order valence-electron chi connectivity index (χ3n) is 3.83. The maximum atomic E-state index is 12.2. The first kappa shape index (κ1) is 12.2. The number of amides is 1. The lowest BCUT2D eigenvalue weighted by Crippen LogP contribution is -2.30. The number of Topliss-reactive ketones (excluding diaryl/α,β-unsaturated/α-hetero) is 1. The molecular weight excluding hydrogens is 238 g/mol. The molecule has 0 aromatic heterocycles. The average molecular weight is 255 g/mol. The zero-order valence-corrected chi connectivity index (χ0v) is 11.3. The summed E-state index contributed by atoms with van der Waals surface area (Å²) in [5.74, 6) is 0.153. The largest absolute Gasteiger partial charge is 0.294 e. The van der Waals surface area contributed by atoms with E-state index in [4.69, 9.17) is 0 Å². The molecule has 1 heterocycles. The molecule has 1 amide bonds. The number of ketones is 1. The summed E-state index contributed by atoms with van der Waals surface area (Å²) in [6.07, 6.45) is 1.59. The summed E-state index contributed by atoms with van der Waals surface area (Å²) >= 11 is 0. The van der Waals surface area contributed by atoms with E-state index in [2.05, 4.69) is 13.8 Å². The molecule has 1 aromatic rings. The Balaban J connectivity index is 2.07. The third-order valence-corrected chi connectivity index (χ3v) is 3.83. The van der Waals surface area contributed by atoms with E-state index in [9.17, 15) is 9.59 Å². The van der Waals surface area contributed by atoms with E-state index in [1.807, 2.05) is 30.3 Å². The second kappa shape index (κ2) is 4.05. The molecular formula is C16H17NO2. The van der Waals surface area contributed by atoms with Crippen LogP contribution in [0.3, 0.4) is 0 Å². The molecule has 19 heavy (non-hydrogen) atoms. The molecule has 0 fully saturated rings. The Morgan fingerprint density at radius 2 is 1.74 bits per heavy atom. The minimum atomic E-state index is -0.0619. The van der Waals surface area contributed by atoms with E-state index in [0.29, 0.717) is 6.42 Å². The number of allylic oxidation sites excluding steroid dienone is 1. The van der Waals surface area contributed by atoms with Gasteiger partial charge in [0, 0.05) is 23.4 Å². The van der Waals surface area contributed by atoms with Gasteiger partial charge in [0.15, 0.2) is 5.78 Å². The van der Waals surface area contributed by atoms with Crippen molar-refractivity contribution in [2.75, 3.05) is 4.90 Å². The molecule has 0 unspecified atom stereocenters. The number of benzene rings is 1. The minimum Gasteiger partial charge on any atom is -0.294 e. The third kappa shape index (κ3) is 1.99. The number of carbonyl (C=O) groups is 2. The van der Waals surface area contributed by atoms with Gasteiger partial charge in [0.25, 0.3) is 0 Å². The fourth-order valence-corrected chi connectivity index (χ4v) is 3.00. The van der Waals surface area contributed by atoms with Gasteiger partial charge in [0.1, 0.15) is 0 Å². The van der Waals surface area contributed by atoms with Gasteiger partial charge in [-0.1, -0.05) is 32.0 Å². The number of para-hydroxylation sites is 1. The molecule has 98 valence electrons. The van der Waals surface area contributed by atoms with Crippen LogP contribution in [-0.4, -0.2) is 11.7 Å². The number of carbonyl (C=O) groups excluding carboxylic acids is 2. The van der Waals surface area contributed by atoms with Gasteiger partial charge in [-0.15, -0.1) is 0 Å². The fraction of sp³-hybridized carbons (Fsp3) is 0.375. The van der Waals surface area contributed by atoms with Crippen molar-refractivity contribution >= 4 is 17.4 Å². The number of hydrogen-bond acceptors (Lipinski definition) is 2. The van der Waals surface area contributed by atoms with Crippen LogP contribution in [0.2, 0.25) is 0 Å². The SMILES string of the molecule is CC1(C)CC(=O)C2=C(C1)N(c1ccccc1)C(=O)C2. The van der Waals surface area contributed by atoms with Crippen LogP contribution in [0.4, 0.5) is 5.69 Å². The molecule has 2 aliphatic rings. The van der Waals surface area contributed by atoms with Crippen molar-refractivity contribution < 1.29 is 9.59 Å². The highest BCUT2D eigenvalue weighted by atomic mass is 16.2. The predicted octanol–water partition coefficient (Wildman–Crippen LogP) is 3.07. The zero-order chi connectivity index (χ0) is 13.6. The summed E-state index contributed by atoms with van der Waals surface area (Å²) in [6, 6.07) is 9.59. The van der Waals surface area contributed by atoms with Gasteiger partial charge in [0.2, 0.25) is 5.91 Å². The van der Waals surface area contributed by atoms with Gasteiger partial charge in [-0.3, -0.25) is 14.5 Å². The maximum Gasteiger partial charge on any atom is 0.235 e. The highest BCUT2D eigenvalue weighted by Crippen LogP contribution is 2.44. The highest BCUT2D eigenvalue weighted by Gasteiger charge is 2.42. The predicted molar refractivity (Wildman–Crippen MR) is 73.6 cm³/mol. The van der Waals surface area contributed by atoms with Gasteiger partial charge in [-0.2, -0.15) is 0 Å². The van der Waals surface area contributed by atoms with Crippen LogP contribution >= 0.6 is 0 Å². The van der Waals surface area contributed by atoms with Gasteiger partial charge < -0.3 is 0 Å². The van der Waals surface area contributed by atoms with Crippen molar-refractivity contribution in [3.05, 3.63) is 41.6 Å². The van der Waals surface area contributed by atoms with Crippen LogP contribution in [0.15, 0.2) is 41.6 Å². The summed E-state index contributed by atoms with van der Waals surface area (Å²) in [7, 11) is 0. The Hall–Kier alpha value is -1.90. The van der Waals surface area contributed by atoms with Crippen LogP contribution in [-0.2, 0) is 9.59 Å². The Labute approximate surface area is 112 Å². The first-order chi connectivity index (χ1) is 8.98. The normalized spacial score (nSPS) is 21.9. The monoisotopic (exact) mass is 255 g/mol. The number of nitrogens with zero attached hydrogens (tertiary/aromatic N) is 1. The highest BCUT2D eigenvalue weighted by molar-refractivity contribution is 6.12. The molecule has 0 atom stereocenters. The van der Waals surface area contributed by atoms with E-state index in [-0.39, 0.29) is 23.5 Å².